The zero-order valence-corrected chi connectivity index (χ0v) is 33.5. The van der Waals surface area contributed by atoms with Gasteiger partial charge in [-0.2, -0.15) is 0 Å². The van der Waals surface area contributed by atoms with E-state index < -0.39 is 61.4 Å². The van der Waals surface area contributed by atoms with Crippen LogP contribution in [0.2, 0.25) is 0 Å². The Hall–Kier alpha value is -2.03. The van der Waals surface area contributed by atoms with E-state index in [1.165, 1.54) is 81.7 Å². The first-order chi connectivity index (χ1) is 27.2. The minimum atomic E-state index is -1.78. The molecule has 56 heavy (non-hydrogen) atoms. The fraction of sp³-hybridized carbons (Fsp3) is 0.947. The molecule has 3 heterocycles. The van der Waals surface area contributed by atoms with Crippen LogP contribution in [0.3, 0.4) is 0 Å². The maximum Gasteiger partial charge on any atom is 0.189 e. The predicted molar refractivity (Wildman–Crippen MR) is 204 cm³/mol. The van der Waals surface area contributed by atoms with Crippen LogP contribution in [-0.2, 0) is 41.6 Å². The Balaban J connectivity index is 1.49. The summed E-state index contributed by atoms with van der Waals surface area (Å²) in [4.78, 5) is 2.60. The van der Waals surface area contributed by atoms with Crippen LogP contribution < -0.4 is 0 Å². The van der Waals surface area contributed by atoms with Crippen molar-refractivity contribution < 1.29 is 59.1 Å². The Bertz CT molecular complexity index is 1170. The molecule has 0 radical (unpaired) electrons. The first kappa shape index (κ1) is 48.3. The van der Waals surface area contributed by atoms with E-state index in [1.54, 1.807) is 6.20 Å². The number of aliphatic hydroxyl groups is 6. The van der Waals surface area contributed by atoms with Crippen molar-refractivity contribution in [2.45, 2.75) is 197 Å². The first-order valence-electron chi connectivity index (χ1n) is 20.9. The van der Waals surface area contributed by atoms with E-state index in [-0.39, 0.29) is 25.8 Å². The van der Waals surface area contributed by atoms with Gasteiger partial charge in [0.05, 0.1) is 45.2 Å². The van der Waals surface area contributed by atoms with E-state index >= 15 is 0 Å². The number of rotatable bonds is 31. The predicted octanol–water partition coefficient (Wildman–Crippen LogP) is 3.42. The smallest absolute Gasteiger partial charge is 0.189 e. The number of azide groups is 1. The summed E-state index contributed by atoms with van der Waals surface area (Å²) in [6, 6.07) is 0. The average Bonchev–Trinajstić information content (AvgIpc) is 3.65. The van der Waals surface area contributed by atoms with Gasteiger partial charge in [0, 0.05) is 18.1 Å². The lowest BCUT2D eigenvalue weighted by Gasteiger charge is -2.44. The summed E-state index contributed by atoms with van der Waals surface area (Å²) in [5.41, 5.74) is 9.13. The highest BCUT2D eigenvalue weighted by atomic mass is 16.8. The van der Waals surface area contributed by atoms with E-state index in [4.69, 9.17) is 34.0 Å². The highest BCUT2D eigenvalue weighted by molar-refractivity contribution is 4.95. The summed E-state index contributed by atoms with van der Waals surface area (Å²) in [6.07, 6.45) is 5.00. The third-order valence-electron chi connectivity index (χ3n) is 10.2. The quantitative estimate of drug-likeness (QED) is 0.0272. The fourth-order valence-electron chi connectivity index (χ4n) is 6.74. The van der Waals surface area contributed by atoms with Crippen LogP contribution in [0.4, 0.5) is 0 Å². The molecule has 324 valence electrons. The maximum absolute atomic E-state index is 10.7. The molecular formula is C38H70N6O12. The van der Waals surface area contributed by atoms with E-state index in [1.807, 2.05) is 0 Å². The van der Waals surface area contributed by atoms with Gasteiger partial charge >= 0.3 is 0 Å². The minimum absolute atomic E-state index is 0.112. The number of nitrogens with zero attached hydrogens (tertiary/aromatic N) is 6. The molecule has 0 bridgehead atoms. The van der Waals surface area contributed by atoms with E-state index in [9.17, 15) is 30.6 Å². The van der Waals surface area contributed by atoms with Crippen molar-refractivity contribution in [2.24, 2.45) is 5.11 Å². The van der Waals surface area contributed by atoms with E-state index in [0.717, 1.165) is 25.7 Å². The molecule has 1 aromatic heterocycles. The van der Waals surface area contributed by atoms with Gasteiger partial charge in [0.1, 0.15) is 54.5 Å². The lowest BCUT2D eigenvalue weighted by atomic mass is 9.97. The van der Waals surface area contributed by atoms with Crippen molar-refractivity contribution >= 4 is 0 Å². The number of hydrogen-bond donors (Lipinski definition) is 6. The number of ether oxygens (including phenoxy) is 6. The molecule has 3 rings (SSSR count). The number of aromatic nitrogens is 3. The van der Waals surface area contributed by atoms with Crippen molar-refractivity contribution in [1.29, 1.82) is 0 Å². The van der Waals surface area contributed by atoms with E-state index in [2.05, 4.69) is 34.2 Å². The molecule has 6 N–H and O–H groups in total. The van der Waals surface area contributed by atoms with Gasteiger partial charge in [-0.1, -0.05) is 114 Å². The standard InChI is InChI=1S/C38H70N6O12/c1-3-5-7-9-11-13-15-17-19-51-25-28(26-52-20-18-16-14-12-10-8-6-4-2)53-24-27-22-44(43-41-27)23-30-32(46)34(48)36(50)38(55-30)56-37-35(49)33(47)31(45)29(54-37)21-40-42-39/h22,28-38,45-50H,3-21,23-26H2,1-2H3/t29?,30?,31-,32-,33+,34?,35?,36?,37-,38-/m1/s1. The van der Waals surface area contributed by atoms with Crippen LogP contribution in [0.1, 0.15) is 122 Å². The largest absolute Gasteiger partial charge is 0.388 e. The Kier molecular flexibility index (Phi) is 24.5. The van der Waals surface area contributed by atoms with Gasteiger partial charge in [-0.05, 0) is 18.4 Å². The first-order valence-corrected chi connectivity index (χ1v) is 20.9. The van der Waals surface area contributed by atoms with Crippen molar-refractivity contribution in [3.05, 3.63) is 22.3 Å². The third-order valence-corrected chi connectivity index (χ3v) is 10.2. The third kappa shape index (κ3) is 17.4. The molecular weight excluding hydrogens is 732 g/mol. The van der Waals surface area contributed by atoms with Gasteiger partial charge in [-0.25, -0.2) is 4.68 Å². The molecule has 5 unspecified atom stereocenters. The molecule has 0 spiro atoms. The van der Waals surface area contributed by atoms with Gasteiger partial charge in [0.2, 0.25) is 0 Å². The molecule has 18 nitrogen and oxygen atoms in total. The molecule has 0 aliphatic carbocycles. The Morgan fingerprint density at radius 1 is 0.696 bits per heavy atom. The molecule has 2 fully saturated rings. The van der Waals surface area contributed by atoms with Crippen LogP contribution in [0.5, 0.6) is 0 Å². The monoisotopic (exact) mass is 803 g/mol. The zero-order valence-electron chi connectivity index (χ0n) is 33.5. The Labute approximate surface area is 331 Å². The van der Waals surface area contributed by atoms with Gasteiger partial charge < -0.3 is 59.1 Å². The molecule has 10 atom stereocenters. The van der Waals surface area contributed by atoms with Gasteiger partial charge in [0.15, 0.2) is 12.6 Å². The Morgan fingerprint density at radius 2 is 1.18 bits per heavy atom. The molecule has 0 saturated carbocycles. The van der Waals surface area contributed by atoms with Gasteiger partial charge in [-0.3, -0.25) is 0 Å². The lowest BCUT2D eigenvalue weighted by molar-refractivity contribution is -0.373. The highest BCUT2D eigenvalue weighted by Crippen LogP contribution is 2.29. The second-order valence-corrected chi connectivity index (χ2v) is 15.0. The normalized spacial score (nSPS) is 28.2. The van der Waals surface area contributed by atoms with Crippen molar-refractivity contribution in [3.63, 3.8) is 0 Å². The SMILES string of the molecule is CCCCCCCCCCOCC(COCCCCCCCCCC)OCc1cn(CC2O[C@H](O[C@H]3OC(CN=[N+]=[N-])[C@@H](O)[C@H](O)C3O)C(O)C(O)[C@@H]2O)nn1. The summed E-state index contributed by atoms with van der Waals surface area (Å²) in [5, 5.41) is 74.5. The summed E-state index contributed by atoms with van der Waals surface area (Å²) in [6.45, 7) is 6.16. The molecule has 0 aromatic carbocycles. The van der Waals surface area contributed by atoms with Gasteiger partial charge in [0.25, 0.3) is 0 Å². The fourth-order valence-corrected chi connectivity index (χ4v) is 6.74. The zero-order chi connectivity index (χ0) is 40.5. The van der Waals surface area contributed by atoms with Crippen molar-refractivity contribution in [2.75, 3.05) is 33.0 Å². The number of hydrogen-bond acceptors (Lipinski definition) is 15. The maximum atomic E-state index is 10.7. The molecule has 1 aromatic rings. The average molecular weight is 803 g/mol. The summed E-state index contributed by atoms with van der Waals surface area (Å²) >= 11 is 0. The minimum Gasteiger partial charge on any atom is -0.388 e. The molecule has 2 aliphatic rings. The lowest BCUT2D eigenvalue weighted by Crippen LogP contribution is -2.63. The second-order valence-electron chi connectivity index (χ2n) is 15.0. The van der Waals surface area contributed by atoms with Crippen molar-refractivity contribution in [1.82, 2.24) is 15.0 Å². The molecule has 2 saturated heterocycles. The summed E-state index contributed by atoms with van der Waals surface area (Å²) in [7, 11) is 0. The van der Waals surface area contributed by atoms with E-state index in [0.29, 0.717) is 32.1 Å². The number of aliphatic hydroxyl groups excluding tert-OH is 6. The van der Waals surface area contributed by atoms with Crippen LogP contribution in [0.15, 0.2) is 11.3 Å². The second kappa shape index (κ2) is 28.4. The topological polar surface area (TPSA) is 256 Å². The Morgan fingerprint density at radius 3 is 1.70 bits per heavy atom. The highest BCUT2D eigenvalue weighted by Gasteiger charge is 2.49. The van der Waals surface area contributed by atoms with Crippen LogP contribution >= 0.6 is 0 Å². The summed E-state index contributed by atoms with van der Waals surface area (Å²) in [5.74, 6) is 0. The van der Waals surface area contributed by atoms with Crippen LogP contribution in [0.25, 0.3) is 10.4 Å². The molecule has 2 aliphatic heterocycles. The van der Waals surface area contributed by atoms with Crippen molar-refractivity contribution in [3.8, 4) is 0 Å². The summed E-state index contributed by atoms with van der Waals surface area (Å²) < 4.78 is 36.4. The van der Waals surface area contributed by atoms with Gasteiger partial charge in [-0.15, -0.1) is 5.10 Å². The van der Waals surface area contributed by atoms with Crippen LogP contribution in [-0.4, -0.2) is 146 Å². The molecule has 18 heteroatoms. The van der Waals surface area contributed by atoms with Crippen LogP contribution in [0, 0.1) is 0 Å². The molecule has 0 amide bonds. The number of unbranched alkanes of at least 4 members (excludes halogenated alkanes) is 14.